The molecule has 0 aromatic heterocycles. The minimum absolute atomic E-state index is 0.0790. The van der Waals surface area contributed by atoms with Gasteiger partial charge in [0, 0.05) is 10.4 Å². The number of halogens is 5. The van der Waals surface area contributed by atoms with E-state index in [0.717, 1.165) is 11.6 Å². The van der Waals surface area contributed by atoms with Crippen molar-refractivity contribution in [2.24, 2.45) is 5.92 Å². The summed E-state index contributed by atoms with van der Waals surface area (Å²) in [5, 5.41) is 3.06. The lowest BCUT2D eigenvalue weighted by atomic mass is 9.76. The Morgan fingerprint density at radius 2 is 1.84 bits per heavy atom. The highest BCUT2D eigenvalue weighted by molar-refractivity contribution is 9.10. The summed E-state index contributed by atoms with van der Waals surface area (Å²) in [6, 6.07) is 8.12. The number of rotatable bonds is 1. The summed E-state index contributed by atoms with van der Waals surface area (Å²) in [6.07, 6.45) is 0.147. The van der Waals surface area contributed by atoms with Crippen LogP contribution >= 0.6 is 15.9 Å². The molecule has 3 atom stereocenters. The van der Waals surface area contributed by atoms with E-state index >= 15 is 0 Å². The Morgan fingerprint density at radius 1 is 1.08 bits per heavy atom. The van der Waals surface area contributed by atoms with Gasteiger partial charge in [0.05, 0.1) is 17.3 Å². The van der Waals surface area contributed by atoms with E-state index < -0.39 is 23.6 Å². The Bertz CT molecular complexity index is 859. The topological polar surface area (TPSA) is 12.0 Å². The van der Waals surface area contributed by atoms with Crippen LogP contribution in [0.5, 0.6) is 0 Å². The predicted molar refractivity (Wildman–Crippen MR) is 91.9 cm³/mol. The Balaban J connectivity index is 1.86. The van der Waals surface area contributed by atoms with Crippen LogP contribution in [0.2, 0.25) is 0 Å². The molecule has 25 heavy (non-hydrogen) atoms. The molecule has 0 saturated carbocycles. The number of anilines is 1. The molecule has 0 unspecified atom stereocenters. The quantitative estimate of drug-likeness (QED) is 0.420. The second-order valence-electron chi connectivity index (χ2n) is 6.41. The van der Waals surface area contributed by atoms with Gasteiger partial charge in [0.25, 0.3) is 0 Å². The van der Waals surface area contributed by atoms with Gasteiger partial charge < -0.3 is 5.32 Å². The number of benzene rings is 2. The van der Waals surface area contributed by atoms with Crippen molar-refractivity contribution in [3.63, 3.8) is 0 Å². The molecule has 1 N–H and O–H groups in total. The van der Waals surface area contributed by atoms with Crippen LogP contribution in [0.15, 0.2) is 53.0 Å². The lowest BCUT2D eigenvalue weighted by molar-refractivity contribution is -0.138. The van der Waals surface area contributed by atoms with Crippen LogP contribution in [-0.4, -0.2) is 0 Å². The summed E-state index contributed by atoms with van der Waals surface area (Å²) in [6.45, 7) is 0. The summed E-state index contributed by atoms with van der Waals surface area (Å²) < 4.78 is 55.5. The van der Waals surface area contributed by atoms with Crippen LogP contribution in [-0.2, 0) is 6.18 Å². The second-order valence-corrected chi connectivity index (χ2v) is 7.33. The minimum Gasteiger partial charge on any atom is -0.375 e. The molecule has 0 spiro atoms. The molecule has 1 heterocycles. The Hall–Kier alpha value is -1.82. The molecule has 1 nitrogen and oxygen atoms in total. The summed E-state index contributed by atoms with van der Waals surface area (Å²) in [4.78, 5) is 0. The number of hydrogen-bond acceptors (Lipinski definition) is 1. The molecule has 6 heteroatoms. The Kier molecular flexibility index (Phi) is 3.90. The number of fused-ring (bicyclic) bond motifs is 3. The monoisotopic (exact) mass is 411 g/mol. The first kappa shape index (κ1) is 16.6. The molecule has 0 radical (unpaired) electrons. The highest BCUT2D eigenvalue weighted by Crippen LogP contribution is 2.52. The summed E-state index contributed by atoms with van der Waals surface area (Å²) in [7, 11) is 0. The van der Waals surface area contributed by atoms with Crippen molar-refractivity contribution in [1.82, 2.24) is 0 Å². The van der Waals surface area contributed by atoms with E-state index in [4.69, 9.17) is 0 Å². The highest BCUT2D eigenvalue weighted by atomic mass is 79.9. The van der Waals surface area contributed by atoms with Crippen molar-refractivity contribution < 1.29 is 17.6 Å². The third-order valence-electron chi connectivity index (χ3n) is 4.99. The second kappa shape index (κ2) is 5.87. The molecule has 0 saturated heterocycles. The van der Waals surface area contributed by atoms with Crippen LogP contribution in [0.25, 0.3) is 0 Å². The van der Waals surface area contributed by atoms with Crippen LogP contribution in [0.4, 0.5) is 23.2 Å². The fourth-order valence-corrected chi connectivity index (χ4v) is 4.40. The van der Waals surface area contributed by atoms with Gasteiger partial charge in [-0.05, 0) is 41.7 Å². The third kappa shape index (κ3) is 2.76. The predicted octanol–water partition coefficient (Wildman–Crippen LogP) is 6.43. The molecular weight excluding hydrogens is 398 g/mol. The molecule has 0 amide bonds. The molecule has 1 aliphatic carbocycles. The van der Waals surface area contributed by atoms with Gasteiger partial charge in [-0.2, -0.15) is 13.2 Å². The Labute approximate surface area is 150 Å². The van der Waals surface area contributed by atoms with E-state index in [1.54, 1.807) is 6.07 Å². The largest absolute Gasteiger partial charge is 0.416 e. The fourth-order valence-electron chi connectivity index (χ4n) is 3.96. The maximum absolute atomic E-state index is 14.5. The first-order chi connectivity index (χ1) is 11.9. The van der Waals surface area contributed by atoms with Crippen molar-refractivity contribution in [3.05, 3.63) is 75.5 Å². The normalized spacial score (nSPS) is 24.6. The van der Waals surface area contributed by atoms with Gasteiger partial charge in [-0.3, -0.25) is 0 Å². The summed E-state index contributed by atoms with van der Waals surface area (Å²) >= 11 is 3.30. The van der Waals surface area contributed by atoms with E-state index in [2.05, 4.69) is 21.2 Å². The van der Waals surface area contributed by atoms with E-state index in [-0.39, 0.29) is 23.1 Å². The number of nitrogens with one attached hydrogen (secondary N) is 1. The van der Waals surface area contributed by atoms with Crippen LogP contribution in [0.3, 0.4) is 0 Å². The number of allylic oxidation sites excluding steroid dienone is 2. The maximum atomic E-state index is 14.5. The average molecular weight is 412 g/mol. The lowest BCUT2D eigenvalue weighted by Crippen LogP contribution is -2.31. The number of alkyl halides is 3. The summed E-state index contributed by atoms with van der Waals surface area (Å²) in [5.74, 6) is -0.642. The third-order valence-corrected chi connectivity index (χ3v) is 5.44. The number of hydrogen-bond donors (Lipinski definition) is 1. The minimum atomic E-state index is -4.45. The highest BCUT2D eigenvalue weighted by Gasteiger charge is 2.43. The van der Waals surface area contributed by atoms with E-state index in [9.17, 15) is 17.6 Å². The van der Waals surface area contributed by atoms with Gasteiger partial charge in [-0.15, -0.1) is 0 Å². The van der Waals surface area contributed by atoms with Crippen molar-refractivity contribution >= 4 is 21.6 Å². The zero-order valence-corrected chi connectivity index (χ0v) is 14.5. The van der Waals surface area contributed by atoms with Gasteiger partial charge in [-0.25, -0.2) is 4.39 Å². The molecule has 2 aromatic rings. The smallest absolute Gasteiger partial charge is 0.375 e. The van der Waals surface area contributed by atoms with Crippen molar-refractivity contribution in [2.45, 2.75) is 24.6 Å². The van der Waals surface area contributed by atoms with Crippen LogP contribution in [0.1, 0.15) is 35.1 Å². The van der Waals surface area contributed by atoms with Crippen molar-refractivity contribution in [2.75, 3.05) is 5.32 Å². The Morgan fingerprint density at radius 3 is 2.60 bits per heavy atom. The lowest BCUT2D eigenvalue weighted by Gasteiger charge is -2.38. The van der Waals surface area contributed by atoms with Crippen LogP contribution < -0.4 is 5.32 Å². The van der Waals surface area contributed by atoms with E-state index in [1.165, 1.54) is 18.2 Å². The SMILES string of the molecule is Fc1cc(Br)cc2c1N[C@H](c1ccccc1C(F)(F)F)[C@@H]1CC=C[C@H]21. The molecule has 2 aromatic carbocycles. The standard InChI is InChI=1S/C19H14BrF4N/c20-10-8-14-11-5-3-6-12(11)17(25-18(14)16(21)9-10)13-4-1-2-7-15(13)19(22,23)24/h1-5,7-9,11-12,17,25H,6H2/t11-,12+,17-/m0/s1. The van der Waals surface area contributed by atoms with Gasteiger partial charge in [0.2, 0.25) is 0 Å². The zero-order valence-electron chi connectivity index (χ0n) is 12.9. The van der Waals surface area contributed by atoms with Gasteiger partial charge in [0.15, 0.2) is 0 Å². The van der Waals surface area contributed by atoms with Gasteiger partial charge in [0.1, 0.15) is 5.82 Å². The van der Waals surface area contributed by atoms with Crippen LogP contribution in [0, 0.1) is 11.7 Å². The molecular formula is C19H14BrF4N. The summed E-state index contributed by atoms with van der Waals surface area (Å²) in [5.41, 5.74) is 0.574. The maximum Gasteiger partial charge on any atom is 0.416 e. The van der Waals surface area contributed by atoms with Gasteiger partial charge in [-0.1, -0.05) is 46.3 Å². The first-order valence-electron chi connectivity index (χ1n) is 7.94. The fraction of sp³-hybridized carbons (Fsp3) is 0.263. The zero-order chi connectivity index (χ0) is 17.8. The molecule has 2 aliphatic rings. The van der Waals surface area contributed by atoms with Crippen molar-refractivity contribution in [1.29, 1.82) is 0 Å². The first-order valence-corrected chi connectivity index (χ1v) is 8.74. The van der Waals surface area contributed by atoms with E-state index in [1.807, 2.05) is 18.2 Å². The molecule has 0 fully saturated rings. The van der Waals surface area contributed by atoms with E-state index in [0.29, 0.717) is 10.9 Å². The molecule has 4 rings (SSSR count). The molecule has 1 aliphatic heterocycles. The average Bonchev–Trinajstić information content (AvgIpc) is 3.03. The van der Waals surface area contributed by atoms with Crippen molar-refractivity contribution in [3.8, 4) is 0 Å². The van der Waals surface area contributed by atoms with Gasteiger partial charge >= 0.3 is 6.18 Å². The molecule has 0 bridgehead atoms. The molecule has 130 valence electrons.